The van der Waals surface area contributed by atoms with E-state index in [0.717, 1.165) is 5.76 Å². The first kappa shape index (κ1) is 10.1. The normalized spacial score (nSPS) is 10.9. The van der Waals surface area contributed by atoms with Crippen LogP contribution in [0, 0.1) is 0 Å². The molecule has 0 radical (unpaired) electrons. The van der Waals surface area contributed by atoms with Crippen molar-refractivity contribution in [2.75, 3.05) is 5.32 Å². The predicted molar refractivity (Wildman–Crippen MR) is 62.7 cm³/mol. The third-order valence-electron chi connectivity index (χ3n) is 2.26. The molecule has 0 bridgehead atoms. The van der Waals surface area contributed by atoms with Gasteiger partial charge >= 0.3 is 0 Å². The SMILES string of the molecule is Clc1nc(NCc2ccco2)c2nc[nH]c2n1. The van der Waals surface area contributed by atoms with E-state index in [2.05, 4.69) is 25.3 Å². The van der Waals surface area contributed by atoms with E-state index in [9.17, 15) is 0 Å². The van der Waals surface area contributed by atoms with E-state index in [0.29, 0.717) is 23.5 Å². The van der Waals surface area contributed by atoms with Crippen LogP contribution in [0.1, 0.15) is 5.76 Å². The topological polar surface area (TPSA) is 79.6 Å². The Balaban J connectivity index is 1.91. The second-order valence-electron chi connectivity index (χ2n) is 3.37. The van der Waals surface area contributed by atoms with Crippen molar-refractivity contribution in [2.24, 2.45) is 0 Å². The van der Waals surface area contributed by atoms with Gasteiger partial charge in [0.15, 0.2) is 11.5 Å². The standard InChI is InChI=1S/C10H8ClN5O/c11-10-15-8(7-9(16-10)14-5-13-7)12-4-6-2-1-3-17-6/h1-3,5H,4H2,(H2,12,13,14,15,16). The van der Waals surface area contributed by atoms with Crippen LogP contribution in [0.4, 0.5) is 5.82 Å². The maximum atomic E-state index is 5.81. The van der Waals surface area contributed by atoms with Crippen LogP contribution in [-0.4, -0.2) is 19.9 Å². The molecule has 0 aliphatic heterocycles. The zero-order valence-corrected chi connectivity index (χ0v) is 9.40. The summed E-state index contributed by atoms with van der Waals surface area (Å²) in [6.45, 7) is 0.516. The van der Waals surface area contributed by atoms with Gasteiger partial charge < -0.3 is 14.7 Å². The number of imidazole rings is 1. The summed E-state index contributed by atoms with van der Waals surface area (Å²) in [5, 5.41) is 3.28. The average Bonchev–Trinajstić information content (AvgIpc) is 2.95. The van der Waals surface area contributed by atoms with Gasteiger partial charge in [-0.3, -0.25) is 0 Å². The summed E-state index contributed by atoms with van der Waals surface area (Å²) in [6.07, 6.45) is 3.17. The lowest BCUT2D eigenvalue weighted by molar-refractivity contribution is 0.518. The molecule has 17 heavy (non-hydrogen) atoms. The lowest BCUT2D eigenvalue weighted by atomic mass is 10.4. The number of hydrogen-bond donors (Lipinski definition) is 2. The van der Waals surface area contributed by atoms with Crippen molar-refractivity contribution < 1.29 is 4.42 Å². The molecular formula is C10H8ClN5O. The molecule has 0 saturated heterocycles. The number of rotatable bonds is 3. The minimum atomic E-state index is 0.170. The summed E-state index contributed by atoms with van der Waals surface area (Å²) in [4.78, 5) is 15.1. The van der Waals surface area contributed by atoms with E-state index in [1.165, 1.54) is 0 Å². The maximum absolute atomic E-state index is 5.81. The van der Waals surface area contributed by atoms with Crippen LogP contribution in [0.3, 0.4) is 0 Å². The Morgan fingerprint density at radius 3 is 3.18 bits per heavy atom. The van der Waals surface area contributed by atoms with E-state index in [-0.39, 0.29) is 5.28 Å². The van der Waals surface area contributed by atoms with Crippen molar-refractivity contribution in [1.82, 2.24) is 19.9 Å². The fourth-order valence-electron chi connectivity index (χ4n) is 1.52. The van der Waals surface area contributed by atoms with Gasteiger partial charge in [-0.05, 0) is 23.7 Å². The average molecular weight is 250 g/mol. The number of aromatic nitrogens is 4. The first-order valence-electron chi connectivity index (χ1n) is 4.96. The summed E-state index contributed by atoms with van der Waals surface area (Å²) >= 11 is 5.81. The minimum Gasteiger partial charge on any atom is -0.467 e. The molecule has 0 atom stereocenters. The van der Waals surface area contributed by atoms with Gasteiger partial charge in [-0.25, -0.2) is 4.98 Å². The summed E-state index contributed by atoms with van der Waals surface area (Å²) in [6, 6.07) is 3.70. The number of furan rings is 1. The monoisotopic (exact) mass is 249 g/mol. The molecule has 3 heterocycles. The second kappa shape index (κ2) is 4.06. The zero-order chi connectivity index (χ0) is 11.7. The van der Waals surface area contributed by atoms with Gasteiger partial charge in [0, 0.05) is 0 Å². The molecule has 0 aliphatic rings. The van der Waals surface area contributed by atoms with Crippen LogP contribution in [-0.2, 0) is 6.54 Å². The van der Waals surface area contributed by atoms with Crippen LogP contribution >= 0.6 is 11.6 Å². The van der Waals surface area contributed by atoms with Crippen molar-refractivity contribution in [3.05, 3.63) is 35.8 Å². The highest BCUT2D eigenvalue weighted by Crippen LogP contribution is 2.19. The number of nitrogens with zero attached hydrogens (tertiary/aromatic N) is 3. The molecule has 86 valence electrons. The van der Waals surface area contributed by atoms with Gasteiger partial charge in [-0.15, -0.1) is 0 Å². The molecular weight excluding hydrogens is 242 g/mol. The van der Waals surface area contributed by atoms with Gasteiger partial charge in [-0.2, -0.15) is 9.97 Å². The molecule has 0 saturated carbocycles. The van der Waals surface area contributed by atoms with Crippen molar-refractivity contribution in [2.45, 2.75) is 6.54 Å². The first-order chi connectivity index (χ1) is 8.33. The molecule has 3 aromatic rings. The van der Waals surface area contributed by atoms with Crippen molar-refractivity contribution >= 4 is 28.6 Å². The van der Waals surface area contributed by atoms with Gasteiger partial charge in [0.2, 0.25) is 5.28 Å². The Hall–Kier alpha value is -2.08. The summed E-state index contributed by atoms with van der Waals surface area (Å²) < 4.78 is 5.21. The van der Waals surface area contributed by atoms with Gasteiger partial charge in [0.25, 0.3) is 0 Å². The molecule has 0 unspecified atom stereocenters. The number of H-pyrrole nitrogens is 1. The predicted octanol–water partition coefficient (Wildman–Crippen LogP) is 2.21. The molecule has 0 spiro atoms. The summed E-state index contributed by atoms with van der Waals surface area (Å²) in [7, 11) is 0. The van der Waals surface area contributed by atoms with E-state index in [1.54, 1.807) is 12.6 Å². The summed E-state index contributed by atoms with van der Waals surface area (Å²) in [5.74, 6) is 1.39. The van der Waals surface area contributed by atoms with Crippen LogP contribution in [0.15, 0.2) is 29.1 Å². The molecule has 0 fully saturated rings. The molecule has 7 heteroatoms. The molecule has 0 amide bonds. The van der Waals surface area contributed by atoms with E-state index in [1.807, 2.05) is 12.1 Å². The van der Waals surface area contributed by atoms with Crippen LogP contribution in [0.2, 0.25) is 5.28 Å². The molecule has 3 rings (SSSR count). The highest BCUT2D eigenvalue weighted by atomic mass is 35.5. The molecule has 3 aromatic heterocycles. The Kier molecular flexibility index (Phi) is 2.41. The highest BCUT2D eigenvalue weighted by molar-refractivity contribution is 6.28. The number of aromatic amines is 1. The van der Waals surface area contributed by atoms with Crippen LogP contribution < -0.4 is 5.32 Å². The number of hydrogen-bond acceptors (Lipinski definition) is 5. The Morgan fingerprint density at radius 1 is 1.41 bits per heavy atom. The number of nitrogens with one attached hydrogen (secondary N) is 2. The van der Waals surface area contributed by atoms with Crippen molar-refractivity contribution in [3.8, 4) is 0 Å². The Morgan fingerprint density at radius 2 is 2.35 bits per heavy atom. The second-order valence-corrected chi connectivity index (χ2v) is 3.71. The third kappa shape index (κ3) is 1.94. The molecule has 6 nitrogen and oxygen atoms in total. The molecule has 0 aromatic carbocycles. The van der Waals surface area contributed by atoms with Crippen molar-refractivity contribution in [3.63, 3.8) is 0 Å². The minimum absolute atomic E-state index is 0.170. The zero-order valence-electron chi connectivity index (χ0n) is 8.64. The van der Waals surface area contributed by atoms with Gasteiger partial charge in [-0.1, -0.05) is 0 Å². The Bertz CT molecular complexity index is 633. The fourth-order valence-corrected chi connectivity index (χ4v) is 1.68. The Labute approximate surface area is 101 Å². The van der Waals surface area contributed by atoms with Crippen LogP contribution in [0.5, 0.6) is 0 Å². The van der Waals surface area contributed by atoms with Crippen molar-refractivity contribution in [1.29, 1.82) is 0 Å². The number of anilines is 1. The lowest BCUT2D eigenvalue weighted by Gasteiger charge is -2.04. The smallest absolute Gasteiger partial charge is 0.226 e. The van der Waals surface area contributed by atoms with Gasteiger partial charge in [0.1, 0.15) is 11.3 Å². The summed E-state index contributed by atoms with van der Waals surface area (Å²) in [5.41, 5.74) is 1.26. The van der Waals surface area contributed by atoms with E-state index in [4.69, 9.17) is 16.0 Å². The molecule has 2 N–H and O–H groups in total. The number of halogens is 1. The first-order valence-corrected chi connectivity index (χ1v) is 5.33. The maximum Gasteiger partial charge on any atom is 0.226 e. The van der Waals surface area contributed by atoms with Crippen LogP contribution in [0.25, 0.3) is 11.2 Å². The van der Waals surface area contributed by atoms with E-state index < -0.39 is 0 Å². The van der Waals surface area contributed by atoms with E-state index >= 15 is 0 Å². The fraction of sp³-hybridized carbons (Fsp3) is 0.100. The number of fused-ring (bicyclic) bond motifs is 1. The quantitative estimate of drug-likeness (QED) is 0.696. The third-order valence-corrected chi connectivity index (χ3v) is 2.43. The molecule has 0 aliphatic carbocycles. The van der Waals surface area contributed by atoms with Gasteiger partial charge in [0.05, 0.1) is 19.1 Å². The highest BCUT2D eigenvalue weighted by Gasteiger charge is 2.08. The lowest BCUT2D eigenvalue weighted by Crippen LogP contribution is -2.02. The largest absolute Gasteiger partial charge is 0.467 e.